The largest absolute Gasteiger partial charge is 0.459 e. The number of benzene rings is 2. The van der Waals surface area contributed by atoms with Gasteiger partial charge in [0.2, 0.25) is 11.8 Å². The van der Waals surface area contributed by atoms with E-state index >= 15 is 0 Å². The molecule has 8 heteroatoms. The third-order valence-electron chi connectivity index (χ3n) is 5.86. The molecule has 1 saturated carbocycles. The zero-order valence-corrected chi connectivity index (χ0v) is 18.6. The molecule has 176 valence electrons. The van der Waals surface area contributed by atoms with Gasteiger partial charge in [-0.05, 0) is 43.2 Å². The van der Waals surface area contributed by atoms with E-state index in [1.807, 2.05) is 0 Å². The highest BCUT2D eigenvalue weighted by molar-refractivity contribution is 6.04. The van der Waals surface area contributed by atoms with Gasteiger partial charge in [-0.3, -0.25) is 19.3 Å². The Labute approximate surface area is 196 Å². The first-order chi connectivity index (χ1) is 16.5. The molecule has 0 radical (unpaired) electrons. The molecule has 1 atom stereocenters. The number of halogens is 1. The Morgan fingerprint density at radius 3 is 2.35 bits per heavy atom. The number of nitrogens with zero attached hydrogens (tertiary/aromatic N) is 1. The van der Waals surface area contributed by atoms with Crippen molar-refractivity contribution in [1.82, 2.24) is 10.6 Å². The first-order valence-corrected chi connectivity index (χ1v) is 11.3. The van der Waals surface area contributed by atoms with E-state index in [2.05, 4.69) is 10.6 Å². The van der Waals surface area contributed by atoms with E-state index in [1.165, 1.54) is 35.4 Å². The highest BCUT2D eigenvalue weighted by Crippen LogP contribution is 2.30. The topological polar surface area (TPSA) is 91.7 Å². The van der Waals surface area contributed by atoms with Gasteiger partial charge in [-0.15, -0.1) is 0 Å². The Morgan fingerprint density at radius 1 is 0.971 bits per heavy atom. The lowest BCUT2D eigenvalue weighted by molar-refractivity contribution is -0.126. The average Bonchev–Trinajstić information content (AvgIpc) is 3.56. The zero-order chi connectivity index (χ0) is 23.9. The van der Waals surface area contributed by atoms with Crippen molar-refractivity contribution in [2.45, 2.75) is 37.8 Å². The van der Waals surface area contributed by atoms with Gasteiger partial charge < -0.3 is 15.1 Å². The van der Waals surface area contributed by atoms with Crippen LogP contribution in [0.1, 0.15) is 47.8 Å². The van der Waals surface area contributed by atoms with Gasteiger partial charge in [0.15, 0.2) is 5.76 Å². The van der Waals surface area contributed by atoms with Crippen LogP contribution in [0.15, 0.2) is 77.4 Å². The van der Waals surface area contributed by atoms with Gasteiger partial charge in [0, 0.05) is 17.3 Å². The highest BCUT2D eigenvalue weighted by Gasteiger charge is 2.35. The quantitative estimate of drug-likeness (QED) is 0.529. The highest BCUT2D eigenvalue weighted by atomic mass is 19.1. The number of para-hydroxylation sites is 1. The Balaban J connectivity index is 1.67. The lowest BCUT2D eigenvalue weighted by atomic mass is 10.0. The summed E-state index contributed by atoms with van der Waals surface area (Å²) < 4.78 is 20.0. The standard InChI is InChI=1S/C26H26FN3O4/c27-21-14-7-6-13-20(21)24(26(33)29-18-9-4-5-10-18)30(19-11-2-1-3-12-19)23(31)17-28-25(32)22-15-8-16-34-22/h1-3,6-8,11-16,18,24H,4-5,9-10,17H2,(H,28,32)(H,29,33). The molecule has 0 aliphatic heterocycles. The van der Waals surface area contributed by atoms with Crippen molar-refractivity contribution in [3.05, 3.63) is 90.1 Å². The second-order valence-electron chi connectivity index (χ2n) is 8.17. The second kappa shape index (κ2) is 10.8. The summed E-state index contributed by atoms with van der Waals surface area (Å²) >= 11 is 0. The van der Waals surface area contributed by atoms with E-state index in [9.17, 15) is 18.8 Å². The smallest absolute Gasteiger partial charge is 0.287 e. The minimum Gasteiger partial charge on any atom is -0.459 e. The molecule has 0 saturated heterocycles. The number of hydrogen-bond acceptors (Lipinski definition) is 4. The van der Waals surface area contributed by atoms with E-state index < -0.39 is 36.1 Å². The number of nitrogens with one attached hydrogen (secondary N) is 2. The first-order valence-electron chi connectivity index (χ1n) is 11.3. The average molecular weight is 464 g/mol. The fourth-order valence-electron chi connectivity index (χ4n) is 4.21. The van der Waals surface area contributed by atoms with E-state index in [1.54, 1.807) is 42.5 Å². The molecule has 1 aliphatic carbocycles. The normalized spacial score (nSPS) is 14.4. The molecule has 1 heterocycles. The van der Waals surface area contributed by atoms with Gasteiger partial charge >= 0.3 is 0 Å². The van der Waals surface area contributed by atoms with Gasteiger partial charge in [-0.1, -0.05) is 49.2 Å². The van der Waals surface area contributed by atoms with Crippen molar-refractivity contribution in [2.24, 2.45) is 0 Å². The monoisotopic (exact) mass is 463 g/mol. The summed E-state index contributed by atoms with van der Waals surface area (Å²) in [6.07, 6.45) is 5.06. The summed E-state index contributed by atoms with van der Waals surface area (Å²) in [5, 5.41) is 5.51. The molecule has 2 N–H and O–H groups in total. The molecule has 7 nitrogen and oxygen atoms in total. The van der Waals surface area contributed by atoms with Crippen LogP contribution in [0.25, 0.3) is 0 Å². The third kappa shape index (κ3) is 5.33. The van der Waals surface area contributed by atoms with Gasteiger partial charge in [0.25, 0.3) is 5.91 Å². The van der Waals surface area contributed by atoms with Crippen LogP contribution in [-0.2, 0) is 9.59 Å². The van der Waals surface area contributed by atoms with Gasteiger partial charge in [-0.2, -0.15) is 0 Å². The maximum Gasteiger partial charge on any atom is 0.287 e. The van der Waals surface area contributed by atoms with Crippen molar-refractivity contribution in [3.8, 4) is 0 Å². The number of carbonyl (C=O) groups is 3. The molecular formula is C26H26FN3O4. The number of amides is 3. The van der Waals surface area contributed by atoms with Crippen LogP contribution in [0.3, 0.4) is 0 Å². The molecule has 2 aromatic carbocycles. The number of hydrogen-bond donors (Lipinski definition) is 2. The Kier molecular flexibility index (Phi) is 7.37. The summed E-state index contributed by atoms with van der Waals surface area (Å²) in [6.45, 7) is -0.407. The molecule has 34 heavy (non-hydrogen) atoms. The Hall–Kier alpha value is -3.94. The molecule has 1 aliphatic rings. The van der Waals surface area contributed by atoms with Crippen molar-refractivity contribution < 1.29 is 23.2 Å². The third-order valence-corrected chi connectivity index (χ3v) is 5.86. The van der Waals surface area contributed by atoms with Crippen LogP contribution < -0.4 is 15.5 Å². The molecule has 1 aromatic heterocycles. The summed E-state index contributed by atoms with van der Waals surface area (Å²) in [5.74, 6) is -2.14. The lowest BCUT2D eigenvalue weighted by Gasteiger charge is -2.32. The van der Waals surface area contributed by atoms with Crippen LogP contribution in [0.2, 0.25) is 0 Å². The SMILES string of the molecule is O=C(NCC(=O)N(c1ccccc1)C(C(=O)NC1CCCC1)c1ccccc1F)c1ccco1. The second-order valence-corrected chi connectivity index (χ2v) is 8.17. The molecule has 1 unspecified atom stereocenters. The minimum absolute atomic E-state index is 0.0202. The van der Waals surface area contributed by atoms with E-state index in [0.717, 1.165) is 25.7 Å². The number of carbonyl (C=O) groups excluding carboxylic acids is 3. The fourth-order valence-corrected chi connectivity index (χ4v) is 4.21. The molecular weight excluding hydrogens is 437 g/mol. The van der Waals surface area contributed by atoms with Crippen molar-refractivity contribution in [3.63, 3.8) is 0 Å². The maximum absolute atomic E-state index is 15.0. The summed E-state index contributed by atoms with van der Waals surface area (Å²) in [4.78, 5) is 40.5. The predicted octanol–water partition coefficient (Wildman–Crippen LogP) is 3.98. The molecule has 3 amide bonds. The molecule has 4 rings (SSSR count). The summed E-state index contributed by atoms with van der Waals surface area (Å²) in [7, 11) is 0. The van der Waals surface area contributed by atoms with Crippen molar-refractivity contribution in [1.29, 1.82) is 0 Å². The number of anilines is 1. The van der Waals surface area contributed by atoms with E-state index in [4.69, 9.17) is 4.42 Å². The molecule has 3 aromatic rings. The van der Waals surface area contributed by atoms with Crippen LogP contribution in [0.5, 0.6) is 0 Å². The van der Waals surface area contributed by atoms with Gasteiger partial charge in [-0.25, -0.2) is 4.39 Å². The van der Waals surface area contributed by atoms with Gasteiger partial charge in [0.1, 0.15) is 11.9 Å². The Bertz CT molecular complexity index is 1130. The summed E-state index contributed by atoms with van der Waals surface area (Å²) in [5.41, 5.74) is 0.488. The fraction of sp³-hybridized carbons (Fsp3) is 0.269. The van der Waals surface area contributed by atoms with Gasteiger partial charge in [0.05, 0.1) is 12.8 Å². The van der Waals surface area contributed by atoms with Crippen LogP contribution in [-0.4, -0.2) is 30.3 Å². The predicted molar refractivity (Wildman–Crippen MR) is 125 cm³/mol. The van der Waals surface area contributed by atoms with Crippen molar-refractivity contribution >= 4 is 23.4 Å². The minimum atomic E-state index is -1.25. The van der Waals surface area contributed by atoms with Crippen LogP contribution >= 0.6 is 0 Å². The number of rotatable bonds is 8. The molecule has 0 spiro atoms. The van der Waals surface area contributed by atoms with E-state index in [0.29, 0.717) is 5.69 Å². The van der Waals surface area contributed by atoms with Crippen LogP contribution in [0.4, 0.5) is 10.1 Å². The molecule has 0 bridgehead atoms. The Morgan fingerprint density at radius 2 is 1.68 bits per heavy atom. The first kappa shape index (κ1) is 23.2. The van der Waals surface area contributed by atoms with Crippen LogP contribution in [0, 0.1) is 5.82 Å². The molecule has 1 fully saturated rings. The maximum atomic E-state index is 15.0. The van der Waals surface area contributed by atoms with Crippen molar-refractivity contribution in [2.75, 3.05) is 11.4 Å². The number of furan rings is 1. The summed E-state index contributed by atoms with van der Waals surface area (Å²) in [6, 6.07) is 16.3. The van der Waals surface area contributed by atoms with E-state index in [-0.39, 0.29) is 17.4 Å². The lowest BCUT2D eigenvalue weighted by Crippen LogP contribution is -2.49. The zero-order valence-electron chi connectivity index (χ0n) is 18.6.